The molecule has 2 aliphatic heterocycles. The van der Waals surface area contributed by atoms with Crippen molar-refractivity contribution >= 4 is 13.6 Å². The molecule has 53 heavy (non-hydrogen) atoms. The van der Waals surface area contributed by atoms with E-state index in [2.05, 4.69) is 22.2 Å². The number of anilines is 1. The van der Waals surface area contributed by atoms with Crippen LogP contribution in [0, 0.1) is 0 Å². The maximum atomic E-state index is 13.1. The second-order valence-electron chi connectivity index (χ2n) is 14.4. The van der Waals surface area contributed by atoms with E-state index >= 15 is 0 Å². The average molecular weight is 769 g/mol. The molecular formula is C36H59N5O11P-. The topological polar surface area (TPSA) is 230 Å². The van der Waals surface area contributed by atoms with Crippen molar-refractivity contribution in [1.29, 1.82) is 0 Å². The quantitative estimate of drug-likeness (QED) is 0.0757. The number of nitrogens with one attached hydrogen (secondary N) is 2. The summed E-state index contributed by atoms with van der Waals surface area (Å²) in [5.74, 6) is 0.372. The second-order valence-corrected chi connectivity index (χ2v) is 15.6. The van der Waals surface area contributed by atoms with E-state index in [-0.39, 0.29) is 19.3 Å². The van der Waals surface area contributed by atoms with Crippen LogP contribution in [-0.4, -0.2) is 71.3 Å². The molecule has 2 aliphatic rings. The number of hydrogen-bond donors (Lipinski definition) is 5. The summed E-state index contributed by atoms with van der Waals surface area (Å²) in [6, 6.07) is 1.59. The van der Waals surface area contributed by atoms with Crippen molar-refractivity contribution in [2.75, 3.05) is 18.5 Å². The molecule has 7 unspecified atom stereocenters. The number of phosphoric ester groups is 1. The highest BCUT2D eigenvalue weighted by Crippen LogP contribution is 2.48. The zero-order valence-corrected chi connectivity index (χ0v) is 32.1. The molecule has 0 bridgehead atoms. The van der Waals surface area contributed by atoms with Gasteiger partial charge in [0.1, 0.15) is 30.0 Å². The monoisotopic (exact) mass is 768 g/mol. The third-order valence-electron chi connectivity index (χ3n) is 10.4. The van der Waals surface area contributed by atoms with Gasteiger partial charge < -0.3 is 39.3 Å². The number of aromatic amines is 1. The van der Waals surface area contributed by atoms with Crippen LogP contribution in [0.2, 0.25) is 0 Å². The minimum atomic E-state index is -5.36. The molecule has 16 nitrogen and oxygen atoms in total. The summed E-state index contributed by atoms with van der Waals surface area (Å²) in [6.07, 6.45) is 14.2. The maximum absolute atomic E-state index is 13.1. The van der Waals surface area contributed by atoms with Crippen LogP contribution in [0.3, 0.4) is 0 Å². The Labute approximate surface area is 310 Å². The predicted octanol–water partition coefficient (Wildman–Crippen LogP) is 3.78. The van der Waals surface area contributed by atoms with E-state index < -0.39 is 67.7 Å². The molecule has 4 heterocycles. The number of nitrogens with zero attached hydrogens (tertiary/aromatic N) is 3. The van der Waals surface area contributed by atoms with Gasteiger partial charge in [-0.2, -0.15) is 4.98 Å². The van der Waals surface area contributed by atoms with E-state index in [1.165, 1.54) is 83.0 Å². The van der Waals surface area contributed by atoms with E-state index in [0.29, 0.717) is 24.3 Å². The second kappa shape index (κ2) is 20.8. The highest BCUT2D eigenvalue weighted by Gasteiger charge is 2.54. The largest absolute Gasteiger partial charge is 0.756 e. The fourth-order valence-electron chi connectivity index (χ4n) is 7.32. The van der Waals surface area contributed by atoms with Gasteiger partial charge in [-0.15, -0.1) is 0 Å². The summed E-state index contributed by atoms with van der Waals surface area (Å²) in [6.45, 7) is 3.80. The van der Waals surface area contributed by atoms with Crippen molar-refractivity contribution in [2.45, 2.75) is 166 Å². The molecule has 0 aromatic carbocycles. The summed E-state index contributed by atoms with van der Waals surface area (Å²) in [5.41, 5.74) is -3.49. The van der Waals surface area contributed by atoms with E-state index in [4.69, 9.17) is 14.0 Å². The standard InChI is InChI=1S/C36H60N5O11P/c1-3-5-6-7-8-9-10-11-12-13-14-15-16-17-19-37-30-18-20-40(34(45)38-30)32-22-29(52-53(47,48)49)36(25-42,51-32)23-28-27(43)21-31(50-28)41-24-26(4-2)33(44)39-35(41)46/h18,20,24,27-29,31-32,42-43H,3-17,19,21-23,25H2,1-2H3,(H,37,38,45)(H,39,44,46)(H2,47,48,49)/p-1. The van der Waals surface area contributed by atoms with Crippen LogP contribution in [0.4, 0.5) is 5.82 Å². The van der Waals surface area contributed by atoms with Gasteiger partial charge in [-0.25, -0.2) is 9.59 Å². The molecule has 0 amide bonds. The van der Waals surface area contributed by atoms with E-state index in [0.717, 1.165) is 28.4 Å². The number of rotatable bonds is 24. The number of aliphatic hydroxyl groups excluding tert-OH is 2. The molecule has 2 saturated heterocycles. The van der Waals surface area contributed by atoms with Crippen molar-refractivity contribution in [2.24, 2.45) is 0 Å². The Bertz CT molecular complexity index is 1640. The summed E-state index contributed by atoms with van der Waals surface area (Å²) >= 11 is 0. The summed E-state index contributed by atoms with van der Waals surface area (Å²) in [5, 5.41) is 24.7. The zero-order valence-electron chi connectivity index (χ0n) is 31.2. The summed E-state index contributed by atoms with van der Waals surface area (Å²) < 4.78 is 31.2. The smallest absolute Gasteiger partial charge is 0.351 e. The van der Waals surface area contributed by atoms with Gasteiger partial charge in [0.15, 0.2) is 0 Å². The van der Waals surface area contributed by atoms with Crippen LogP contribution in [0.5, 0.6) is 0 Å². The molecule has 2 fully saturated rings. The normalized spacial score (nSPS) is 25.5. The number of aliphatic hydroxyl groups is 2. The van der Waals surface area contributed by atoms with Crippen LogP contribution < -0.4 is 27.1 Å². The minimum Gasteiger partial charge on any atom is -0.756 e. The molecule has 2 aromatic heterocycles. The lowest BCUT2D eigenvalue weighted by Crippen LogP contribution is -2.48. The minimum absolute atomic E-state index is 0.0620. The van der Waals surface area contributed by atoms with Crippen LogP contribution in [-0.2, 0) is 25.0 Å². The Morgan fingerprint density at radius 1 is 0.981 bits per heavy atom. The van der Waals surface area contributed by atoms with Gasteiger partial charge in [0.2, 0.25) is 0 Å². The van der Waals surface area contributed by atoms with E-state index in [9.17, 15) is 38.9 Å². The van der Waals surface area contributed by atoms with Gasteiger partial charge in [0, 0.05) is 43.8 Å². The molecule has 0 saturated carbocycles. The van der Waals surface area contributed by atoms with E-state index in [1.807, 2.05) is 0 Å². The maximum Gasteiger partial charge on any atom is 0.351 e. The fourth-order valence-corrected chi connectivity index (χ4v) is 7.92. The SMILES string of the molecule is CCCCCCCCCCCCCCCCNc1ccn(C2CC(OP(=O)([O-])O)C(CO)(CC3OC(n4cc(CC)c(=O)[nH]c4=O)CC3O)O2)c(=O)n1. The Hall–Kier alpha value is -2.69. The third kappa shape index (κ3) is 12.7. The van der Waals surface area contributed by atoms with Crippen LogP contribution >= 0.6 is 7.82 Å². The molecule has 0 radical (unpaired) electrons. The van der Waals surface area contributed by atoms with Crippen molar-refractivity contribution in [3.63, 3.8) is 0 Å². The first-order valence-corrected chi connectivity index (χ1v) is 20.9. The molecular weight excluding hydrogens is 709 g/mol. The Morgan fingerprint density at radius 3 is 2.17 bits per heavy atom. The van der Waals surface area contributed by atoms with Crippen molar-refractivity contribution in [3.05, 3.63) is 55.3 Å². The van der Waals surface area contributed by atoms with Crippen molar-refractivity contribution in [3.8, 4) is 0 Å². The highest BCUT2D eigenvalue weighted by molar-refractivity contribution is 7.44. The lowest BCUT2D eigenvalue weighted by Gasteiger charge is -2.36. The molecule has 0 spiro atoms. The first-order valence-electron chi connectivity index (χ1n) is 19.4. The van der Waals surface area contributed by atoms with Gasteiger partial charge in [0.05, 0.1) is 18.8 Å². The third-order valence-corrected chi connectivity index (χ3v) is 10.9. The molecule has 7 atom stereocenters. The van der Waals surface area contributed by atoms with Crippen LogP contribution in [0.15, 0.2) is 32.8 Å². The number of aryl methyl sites for hydroxylation is 1. The first-order chi connectivity index (χ1) is 25.4. The van der Waals surface area contributed by atoms with Gasteiger partial charge in [0.25, 0.3) is 13.4 Å². The molecule has 2 aromatic rings. The lowest BCUT2D eigenvalue weighted by atomic mass is 9.89. The number of hydrogen-bond acceptors (Lipinski definition) is 12. The predicted molar refractivity (Wildman–Crippen MR) is 196 cm³/mol. The first kappa shape index (κ1) is 43.0. The van der Waals surface area contributed by atoms with Crippen LogP contribution in [0.25, 0.3) is 0 Å². The number of unbranched alkanes of at least 4 members (excludes halogenated alkanes) is 13. The van der Waals surface area contributed by atoms with Crippen molar-refractivity contribution < 1.29 is 38.6 Å². The van der Waals surface area contributed by atoms with E-state index in [1.54, 1.807) is 13.0 Å². The number of phosphoric acid groups is 1. The molecule has 4 rings (SSSR count). The van der Waals surface area contributed by atoms with Crippen molar-refractivity contribution in [1.82, 2.24) is 19.1 Å². The number of aromatic nitrogens is 4. The summed E-state index contributed by atoms with van der Waals surface area (Å²) in [4.78, 5) is 65.5. The lowest BCUT2D eigenvalue weighted by molar-refractivity contribution is -0.232. The van der Waals surface area contributed by atoms with Gasteiger partial charge in [-0.3, -0.25) is 23.5 Å². The zero-order chi connectivity index (χ0) is 38.4. The molecule has 0 aliphatic carbocycles. The number of ether oxygens (including phenoxy) is 2. The Morgan fingerprint density at radius 2 is 1.60 bits per heavy atom. The molecule has 300 valence electrons. The fraction of sp³-hybridized carbons (Fsp3) is 0.778. The van der Waals surface area contributed by atoms with Crippen LogP contribution in [0.1, 0.15) is 141 Å². The highest BCUT2D eigenvalue weighted by atomic mass is 31.2. The molecule has 5 N–H and O–H groups in total. The van der Waals surface area contributed by atoms with Gasteiger partial charge >= 0.3 is 11.4 Å². The molecule has 17 heteroatoms. The average Bonchev–Trinajstić information content (AvgIpc) is 3.64. The van der Waals surface area contributed by atoms with Gasteiger partial charge in [-0.1, -0.05) is 97.3 Å². The Balaban J connectivity index is 1.29. The number of H-pyrrole nitrogens is 1. The van der Waals surface area contributed by atoms with Gasteiger partial charge in [-0.05, 0) is 18.9 Å². The summed E-state index contributed by atoms with van der Waals surface area (Å²) in [7, 11) is -5.36. The Kier molecular flexibility index (Phi) is 16.9.